The van der Waals surface area contributed by atoms with Crippen molar-refractivity contribution in [3.8, 4) is 17.2 Å². The van der Waals surface area contributed by atoms with Crippen molar-refractivity contribution in [3.63, 3.8) is 0 Å². The summed E-state index contributed by atoms with van der Waals surface area (Å²) in [7, 11) is 0. The van der Waals surface area contributed by atoms with Crippen LogP contribution in [0.4, 0.5) is 26.3 Å². The molecule has 0 amide bonds. The molecule has 0 spiro atoms. The fourth-order valence-electron chi connectivity index (χ4n) is 2.45. The minimum atomic E-state index is -5.50. The summed E-state index contributed by atoms with van der Waals surface area (Å²) in [4.78, 5) is 0. The highest BCUT2D eigenvalue weighted by atomic mass is 19.3. The molecule has 2 atom stereocenters. The van der Waals surface area contributed by atoms with Gasteiger partial charge in [-0.3, -0.25) is 0 Å². The van der Waals surface area contributed by atoms with Crippen molar-refractivity contribution in [1.29, 1.82) is 0 Å². The molecule has 1 saturated carbocycles. The van der Waals surface area contributed by atoms with E-state index in [-0.39, 0.29) is 5.75 Å². The van der Waals surface area contributed by atoms with Crippen molar-refractivity contribution in [2.24, 2.45) is 0 Å². The zero-order chi connectivity index (χ0) is 19.4. The number of hydrogen-bond donors (Lipinski definition) is 1. The molecule has 1 fully saturated rings. The average Bonchev–Trinajstić information content (AvgIpc) is 2.58. The first-order chi connectivity index (χ1) is 11.9. The number of phenols is 1. The van der Waals surface area contributed by atoms with Gasteiger partial charge in [-0.05, 0) is 43.3 Å². The number of phenolic OH excluding ortho intramolecular Hbond substituents is 1. The topological polar surface area (TPSA) is 38.7 Å². The lowest BCUT2D eigenvalue weighted by atomic mass is 9.76. The number of benzene rings is 2. The molecule has 1 aliphatic carbocycles. The predicted octanol–water partition coefficient (Wildman–Crippen LogP) is 4.77. The first-order valence-electron chi connectivity index (χ1n) is 7.32. The largest absolute Gasteiger partial charge is 0.508 e. The molecule has 2 aromatic carbocycles. The van der Waals surface area contributed by atoms with Crippen molar-refractivity contribution in [2.75, 3.05) is 0 Å². The van der Waals surface area contributed by atoms with Crippen LogP contribution in [-0.4, -0.2) is 28.7 Å². The van der Waals surface area contributed by atoms with Gasteiger partial charge >= 0.3 is 23.6 Å². The summed E-state index contributed by atoms with van der Waals surface area (Å²) in [6, 6.07) is 8.23. The summed E-state index contributed by atoms with van der Waals surface area (Å²) in [5, 5.41) is 9.12. The predicted molar refractivity (Wildman–Crippen MR) is 78.1 cm³/mol. The summed E-state index contributed by atoms with van der Waals surface area (Å²) < 4.78 is 93.2. The Labute approximate surface area is 143 Å². The standard InChI is InChI=1S/C17H12F6O3/c1-10-2-6-12(7-3-10)25-16(22)14(18,19)15(20,21)17(16,23)26-13-8-4-11(24)5-9-13/h2-9,24H,1H3. The number of halogens is 6. The third-order valence-corrected chi connectivity index (χ3v) is 3.99. The number of aryl methyl sites for hydroxylation is 1. The van der Waals surface area contributed by atoms with Gasteiger partial charge in [0.2, 0.25) is 0 Å². The smallest absolute Gasteiger partial charge is 0.395 e. The minimum absolute atomic E-state index is 0.321. The van der Waals surface area contributed by atoms with Crippen molar-refractivity contribution in [2.45, 2.75) is 30.5 Å². The van der Waals surface area contributed by atoms with Crippen molar-refractivity contribution >= 4 is 0 Å². The molecule has 0 saturated heterocycles. The number of alkyl halides is 6. The lowest BCUT2D eigenvalue weighted by Gasteiger charge is -2.55. The Morgan fingerprint density at radius 3 is 1.38 bits per heavy atom. The van der Waals surface area contributed by atoms with Gasteiger partial charge in [0, 0.05) is 0 Å². The molecule has 3 rings (SSSR count). The molecule has 2 unspecified atom stereocenters. The lowest BCUT2D eigenvalue weighted by Crippen LogP contribution is -2.89. The summed E-state index contributed by atoms with van der Waals surface area (Å²) in [5.41, 5.74) is 0.655. The van der Waals surface area contributed by atoms with E-state index < -0.39 is 35.1 Å². The number of rotatable bonds is 4. The Bertz CT molecular complexity index is 739. The van der Waals surface area contributed by atoms with Crippen LogP contribution in [0.5, 0.6) is 17.2 Å². The molecule has 0 heterocycles. The van der Waals surface area contributed by atoms with Gasteiger partial charge in [0.15, 0.2) is 0 Å². The molecular weight excluding hydrogens is 366 g/mol. The van der Waals surface area contributed by atoms with E-state index in [2.05, 4.69) is 9.47 Å². The molecule has 9 heteroatoms. The average molecular weight is 378 g/mol. The van der Waals surface area contributed by atoms with Crippen molar-refractivity contribution < 1.29 is 40.9 Å². The van der Waals surface area contributed by atoms with E-state index >= 15 is 0 Å². The van der Waals surface area contributed by atoms with Crippen molar-refractivity contribution in [1.82, 2.24) is 0 Å². The molecule has 140 valence electrons. The minimum Gasteiger partial charge on any atom is -0.508 e. The lowest BCUT2D eigenvalue weighted by molar-refractivity contribution is -0.527. The second-order valence-corrected chi connectivity index (χ2v) is 5.85. The van der Waals surface area contributed by atoms with Crippen LogP contribution in [0.25, 0.3) is 0 Å². The molecule has 26 heavy (non-hydrogen) atoms. The van der Waals surface area contributed by atoms with Crippen LogP contribution < -0.4 is 9.47 Å². The summed E-state index contributed by atoms with van der Waals surface area (Å²) in [6.07, 6.45) is 0. The monoisotopic (exact) mass is 378 g/mol. The van der Waals surface area contributed by atoms with E-state index in [4.69, 9.17) is 5.11 Å². The Morgan fingerprint density at radius 1 is 0.654 bits per heavy atom. The normalized spacial score (nSPS) is 28.9. The Kier molecular flexibility index (Phi) is 3.82. The van der Waals surface area contributed by atoms with Gasteiger partial charge in [0.1, 0.15) is 17.2 Å². The molecule has 3 nitrogen and oxygen atoms in total. The van der Waals surface area contributed by atoms with Gasteiger partial charge in [-0.2, -0.15) is 26.3 Å². The van der Waals surface area contributed by atoms with E-state index in [0.717, 1.165) is 36.4 Å². The first-order valence-corrected chi connectivity index (χ1v) is 7.32. The highest BCUT2D eigenvalue weighted by Gasteiger charge is 3.03. The molecule has 2 aromatic rings. The number of hydrogen-bond acceptors (Lipinski definition) is 3. The third-order valence-electron chi connectivity index (χ3n) is 3.99. The molecule has 0 radical (unpaired) electrons. The fraction of sp³-hybridized carbons (Fsp3) is 0.294. The van der Waals surface area contributed by atoms with E-state index in [1.807, 2.05) is 0 Å². The molecule has 0 bridgehead atoms. The van der Waals surface area contributed by atoms with Gasteiger partial charge < -0.3 is 14.6 Å². The highest BCUT2D eigenvalue weighted by Crippen LogP contribution is 2.68. The van der Waals surface area contributed by atoms with Crippen LogP contribution in [0.15, 0.2) is 48.5 Å². The van der Waals surface area contributed by atoms with Crippen LogP contribution in [0.1, 0.15) is 5.56 Å². The van der Waals surface area contributed by atoms with E-state index in [1.54, 1.807) is 6.92 Å². The molecule has 1 aliphatic rings. The first kappa shape index (κ1) is 18.2. The van der Waals surface area contributed by atoms with Crippen LogP contribution in [0, 0.1) is 6.92 Å². The zero-order valence-electron chi connectivity index (χ0n) is 13.2. The highest BCUT2D eigenvalue weighted by molar-refractivity contribution is 5.36. The van der Waals surface area contributed by atoms with Crippen LogP contribution in [0.3, 0.4) is 0 Å². The second kappa shape index (κ2) is 5.46. The summed E-state index contributed by atoms with van der Waals surface area (Å²) in [6.45, 7) is 1.63. The van der Waals surface area contributed by atoms with Gasteiger partial charge in [0.25, 0.3) is 0 Å². The third kappa shape index (κ3) is 2.22. The maximum atomic E-state index is 14.8. The Balaban J connectivity index is 1.99. The number of ether oxygens (including phenoxy) is 2. The van der Waals surface area contributed by atoms with Crippen LogP contribution in [-0.2, 0) is 0 Å². The second-order valence-electron chi connectivity index (χ2n) is 5.85. The van der Waals surface area contributed by atoms with Gasteiger partial charge in [-0.1, -0.05) is 17.7 Å². The molecule has 0 aliphatic heterocycles. The molecular formula is C17H12F6O3. The fourth-order valence-corrected chi connectivity index (χ4v) is 2.45. The van der Waals surface area contributed by atoms with E-state index in [9.17, 15) is 26.3 Å². The Morgan fingerprint density at radius 2 is 1.00 bits per heavy atom. The summed E-state index contributed by atoms with van der Waals surface area (Å²) >= 11 is 0. The Hall–Kier alpha value is -2.58. The van der Waals surface area contributed by atoms with E-state index in [1.165, 1.54) is 12.1 Å². The van der Waals surface area contributed by atoms with Crippen molar-refractivity contribution in [3.05, 3.63) is 54.1 Å². The number of aromatic hydroxyl groups is 1. The quantitative estimate of drug-likeness (QED) is 0.779. The van der Waals surface area contributed by atoms with Gasteiger partial charge in [-0.15, -0.1) is 0 Å². The maximum absolute atomic E-state index is 14.8. The molecule has 0 aromatic heterocycles. The van der Waals surface area contributed by atoms with Gasteiger partial charge in [-0.25, -0.2) is 0 Å². The van der Waals surface area contributed by atoms with Gasteiger partial charge in [0.05, 0.1) is 0 Å². The zero-order valence-corrected chi connectivity index (χ0v) is 13.2. The SMILES string of the molecule is Cc1ccc(OC2(F)C(F)(F)C(F)(F)C2(F)Oc2ccc(O)cc2)cc1. The van der Waals surface area contributed by atoms with E-state index in [0.29, 0.717) is 5.56 Å². The molecule has 1 N–H and O–H groups in total. The van der Waals surface area contributed by atoms with Crippen LogP contribution in [0.2, 0.25) is 0 Å². The maximum Gasteiger partial charge on any atom is 0.395 e. The summed E-state index contributed by atoms with van der Waals surface area (Å²) in [5.74, 6) is -22.2. The van der Waals surface area contributed by atoms with Crippen LogP contribution >= 0.6 is 0 Å².